The Labute approximate surface area is 102 Å². The number of hydrogen-bond donors (Lipinski definition) is 3. The van der Waals surface area contributed by atoms with Crippen molar-refractivity contribution in [3.05, 3.63) is 35.4 Å². The number of nitrogens with two attached hydrogens (primary N) is 1. The first kappa shape index (κ1) is 13.7. The average Bonchev–Trinajstić information content (AvgIpc) is 2.34. The highest BCUT2D eigenvalue weighted by molar-refractivity contribution is 5.75. The van der Waals surface area contributed by atoms with E-state index in [9.17, 15) is 9.90 Å². The molecule has 1 atom stereocenters. The zero-order chi connectivity index (χ0) is 12.7. The SMILES string of the molecule is CC(O)c1ccc(CNC(=O)CCCN)cc1. The summed E-state index contributed by atoms with van der Waals surface area (Å²) >= 11 is 0. The van der Waals surface area contributed by atoms with Gasteiger partial charge in [0.05, 0.1) is 6.10 Å². The third kappa shape index (κ3) is 4.97. The predicted molar refractivity (Wildman–Crippen MR) is 67.2 cm³/mol. The molecule has 1 aromatic carbocycles. The number of amides is 1. The molecule has 0 fully saturated rings. The van der Waals surface area contributed by atoms with Crippen LogP contribution in [0, 0.1) is 0 Å². The molecule has 0 bridgehead atoms. The molecule has 1 amide bonds. The summed E-state index contributed by atoms with van der Waals surface area (Å²) in [6, 6.07) is 7.55. The molecule has 1 rings (SSSR count). The van der Waals surface area contributed by atoms with Crippen molar-refractivity contribution in [3.63, 3.8) is 0 Å². The Morgan fingerprint density at radius 2 is 2.06 bits per heavy atom. The van der Waals surface area contributed by atoms with Gasteiger partial charge in [-0.25, -0.2) is 0 Å². The molecule has 1 unspecified atom stereocenters. The van der Waals surface area contributed by atoms with E-state index in [0.717, 1.165) is 11.1 Å². The van der Waals surface area contributed by atoms with E-state index in [-0.39, 0.29) is 5.91 Å². The van der Waals surface area contributed by atoms with E-state index < -0.39 is 6.10 Å². The van der Waals surface area contributed by atoms with Gasteiger partial charge >= 0.3 is 0 Å². The molecule has 4 nitrogen and oxygen atoms in total. The number of aliphatic hydroxyl groups excluding tert-OH is 1. The summed E-state index contributed by atoms with van der Waals surface area (Å²) in [5.41, 5.74) is 7.23. The number of aliphatic hydroxyl groups is 1. The van der Waals surface area contributed by atoms with Gasteiger partial charge < -0.3 is 16.2 Å². The average molecular weight is 236 g/mol. The maximum absolute atomic E-state index is 11.3. The number of carbonyl (C=O) groups is 1. The van der Waals surface area contributed by atoms with Crippen molar-refractivity contribution in [2.45, 2.75) is 32.4 Å². The van der Waals surface area contributed by atoms with Crippen LogP contribution in [0.3, 0.4) is 0 Å². The fourth-order valence-electron chi connectivity index (χ4n) is 1.47. The fourth-order valence-corrected chi connectivity index (χ4v) is 1.47. The lowest BCUT2D eigenvalue weighted by Crippen LogP contribution is -2.23. The molecule has 0 aliphatic rings. The third-order valence-corrected chi connectivity index (χ3v) is 2.56. The highest BCUT2D eigenvalue weighted by Crippen LogP contribution is 2.12. The number of hydrogen-bond acceptors (Lipinski definition) is 3. The molecule has 4 N–H and O–H groups in total. The molecule has 0 radical (unpaired) electrons. The minimum absolute atomic E-state index is 0.0232. The normalized spacial score (nSPS) is 12.2. The Morgan fingerprint density at radius 3 is 2.59 bits per heavy atom. The predicted octanol–water partition coefficient (Wildman–Crippen LogP) is 1.09. The first-order chi connectivity index (χ1) is 8.13. The number of rotatable bonds is 6. The first-order valence-electron chi connectivity index (χ1n) is 5.87. The Bertz CT molecular complexity index is 347. The summed E-state index contributed by atoms with van der Waals surface area (Å²) in [6.45, 7) is 2.78. The van der Waals surface area contributed by atoms with E-state index >= 15 is 0 Å². The monoisotopic (exact) mass is 236 g/mol. The molecule has 0 spiro atoms. The lowest BCUT2D eigenvalue weighted by atomic mass is 10.1. The van der Waals surface area contributed by atoms with E-state index in [2.05, 4.69) is 5.32 Å². The fraction of sp³-hybridized carbons (Fsp3) is 0.462. The summed E-state index contributed by atoms with van der Waals surface area (Å²) in [6.07, 6.45) is 0.734. The van der Waals surface area contributed by atoms with Gasteiger partial charge in [0.2, 0.25) is 5.91 Å². The summed E-state index contributed by atoms with van der Waals surface area (Å²) in [5.74, 6) is 0.0232. The minimum atomic E-state index is -0.455. The van der Waals surface area contributed by atoms with Gasteiger partial charge in [0.25, 0.3) is 0 Å². The van der Waals surface area contributed by atoms with Crippen molar-refractivity contribution in [1.29, 1.82) is 0 Å². The van der Waals surface area contributed by atoms with Crippen molar-refractivity contribution >= 4 is 5.91 Å². The van der Waals surface area contributed by atoms with Crippen molar-refractivity contribution in [2.24, 2.45) is 5.73 Å². The minimum Gasteiger partial charge on any atom is -0.389 e. The van der Waals surface area contributed by atoms with Gasteiger partial charge in [0, 0.05) is 13.0 Å². The smallest absolute Gasteiger partial charge is 0.220 e. The van der Waals surface area contributed by atoms with Crippen LogP contribution < -0.4 is 11.1 Å². The standard InChI is InChI=1S/C13H20N2O2/c1-10(16)12-6-4-11(5-7-12)9-15-13(17)3-2-8-14/h4-7,10,16H,2-3,8-9,14H2,1H3,(H,15,17). The topological polar surface area (TPSA) is 75.3 Å². The van der Waals surface area contributed by atoms with Crippen molar-refractivity contribution in [1.82, 2.24) is 5.32 Å². The number of benzene rings is 1. The van der Waals surface area contributed by atoms with Gasteiger partial charge in [-0.05, 0) is 31.0 Å². The highest BCUT2D eigenvalue weighted by atomic mass is 16.3. The molecule has 17 heavy (non-hydrogen) atoms. The largest absolute Gasteiger partial charge is 0.389 e. The van der Waals surface area contributed by atoms with Crippen LogP contribution in [-0.2, 0) is 11.3 Å². The van der Waals surface area contributed by atoms with Crippen molar-refractivity contribution in [2.75, 3.05) is 6.54 Å². The summed E-state index contributed by atoms with van der Waals surface area (Å²) in [7, 11) is 0. The Morgan fingerprint density at radius 1 is 1.41 bits per heavy atom. The van der Waals surface area contributed by atoms with Gasteiger partial charge in [-0.1, -0.05) is 24.3 Å². The lowest BCUT2D eigenvalue weighted by Gasteiger charge is -2.07. The van der Waals surface area contributed by atoms with Crippen LogP contribution in [0.5, 0.6) is 0 Å². The maximum atomic E-state index is 11.3. The molecule has 94 valence electrons. The molecule has 0 aromatic heterocycles. The molecule has 0 aliphatic carbocycles. The second kappa shape index (κ2) is 7.04. The zero-order valence-corrected chi connectivity index (χ0v) is 10.1. The van der Waals surface area contributed by atoms with Gasteiger partial charge in [-0.2, -0.15) is 0 Å². The number of carbonyl (C=O) groups excluding carboxylic acids is 1. The van der Waals surface area contributed by atoms with Gasteiger partial charge in [0.1, 0.15) is 0 Å². The van der Waals surface area contributed by atoms with Gasteiger partial charge in [-0.15, -0.1) is 0 Å². The Kier molecular flexibility index (Phi) is 5.66. The maximum Gasteiger partial charge on any atom is 0.220 e. The molecule has 0 saturated heterocycles. The van der Waals surface area contributed by atoms with E-state index in [1.807, 2.05) is 24.3 Å². The van der Waals surface area contributed by atoms with Crippen LogP contribution in [0.2, 0.25) is 0 Å². The van der Waals surface area contributed by atoms with E-state index in [1.165, 1.54) is 0 Å². The molecule has 0 aliphatic heterocycles. The molecule has 0 heterocycles. The molecule has 4 heteroatoms. The second-order valence-corrected chi connectivity index (χ2v) is 4.09. The van der Waals surface area contributed by atoms with Crippen LogP contribution in [0.1, 0.15) is 37.0 Å². The molecular weight excluding hydrogens is 216 g/mol. The van der Waals surface area contributed by atoms with Crippen molar-refractivity contribution in [3.8, 4) is 0 Å². The van der Waals surface area contributed by atoms with Gasteiger partial charge in [0.15, 0.2) is 0 Å². The van der Waals surface area contributed by atoms with E-state index in [1.54, 1.807) is 6.92 Å². The summed E-state index contributed by atoms with van der Waals surface area (Å²) in [4.78, 5) is 11.3. The number of nitrogens with one attached hydrogen (secondary N) is 1. The lowest BCUT2D eigenvalue weighted by molar-refractivity contribution is -0.121. The van der Waals surface area contributed by atoms with Crippen LogP contribution in [-0.4, -0.2) is 17.6 Å². The first-order valence-corrected chi connectivity index (χ1v) is 5.87. The van der Waals surface area contributed by atoms with Crippen LogP contribution in [0.15, 0.2) is 24.3 Å². The van der Waals surface area contributed by atoms with Crippen LogP contribution in [0.4, 0.5) is 0 Å². The van der Waals surface area contributed by atoms with E-state index in [0.29, 0.717) is 25.9 Å². The quantitative estimate of drug-likeness (QED) is 0.692. The van der Waals surface area contributed by atoms with E-state index in [4.69, 9.17) is 5.73 Å². The second-order valence-electron chi connectivity index (χ2n) is 4.09. The molecule has 1 aromatic rings. The van der Waals surface area contributed by atoms with Crippen LogP contribution in [0.25, 0.3) is 0 Å². The summed E-state index contributed by atoms with van der Waals surface area (Å²) < 4.78 is 0. The van der Waals surface area contributed by atoms with Crippen LogP contribution >= 0.6 is 0 Å². The zero-order valence-electron chi connectivity index (χ0n) is 10.1. The molecule has 0 saturated carbocycles. The summed E-state index contributed by atoms with van der Waals surface area (Å²) in [5, 5.41) is 12.2. The molecular formula is C13H20N2O2. The third-order valence-electron chi connectivity index (χ3n) is 2.56. The van der Waals surface area contributed by atoms with Gasteiger partial charge in [-0.3, -0.25) is 4.79 Å². The Balaban J connectivity index is 2.39. The van der Waals surface area contributed by atoms with Crippen molar-refractivity contribution < 1.29 is 9.90 Å². The highest BCUT2D eigenvalue weighted by Gasteiger charge is 2.02. The Hall–Kier alpha value is -1.39.